The van der Waals surface area contributed by atoms with E-state index in [0.29, 0.717) is 23.6 Å². The lowest BCUT2D eigenvalue weighted by molar-refractivity contribution is -0.387. The minimum Gasteiger partial charge on any atom is -0.296 e. The first-order valence-corrected chi connectivity index (χ1v) is 6.51. The highest BCUT2D eigenvalue weighted by atomic mass is 32.1. The monoisotopic (exact) mass is 314 g/mol. The maximum Gasteiger partial charge on any atom is 0.305 e. The molecule has 0 saturated heterocycles. The summed E-state index contributed by atoms with van der Waals surface area (Å²) in [5.74, 6) is -3.89. The van der Waals surface area contributed by atoms with Crippen molar-refractivity contribution in [2.24, 2.45) is 0 Å². The molecule has 1 aromatic carbocycles. The molecule has 0 aliphatic carbocycles. The molecule has 0 radical (unpaired) electrons. The number of halogens is 2. The number of aromatic nitrogens is 2. The summed E-state index contributed by atoms with van der Waals surface area (Å²) in [4.78, 5) is 21.4. The topological polar surface area (TPSA) is 98.0 Å². The standard InChI is InChI=1S/C11H8F2N4O3S/c1-2-7-15-16-11(21-7)14-10(18)8-5(12)3-4-6(9(8)13)17(19)20/h3-4H,2H2,1H3,(H,14,16,18). The van der Waals surface area contributed by atoms with E-state index in [1.165, 1.54) is 0 Å². The number of carbonyl (C=O) groups excluding carboxylic acids is 1. The van der Waals surface area contributed by atoms with Gasteiger partial charge in [-0.15, -0.1) is 10.2 Å². The van der Waals surface area contributed by atoms with Crippen molar-refractivity contribution in [2.75, 3.05) is 5.32 Å². The van der Waals surface area contributed by atoms with Gasteiger partial charge in [-0.05, 0) is 12.5 Å². The Morgan fingerprint density at radius 1 is 1.43 bits per heavy atom. The molecular weight excluding hydrogens is 306 g/mol. The smallest absolute Gasteiger partial charge is 0.296 e. The summed E-state index contributed by atoms with van der Waals surface area (Å²) in [6.07, 6.45) is 0.590. The number of carbonyl (C=O) groups is 1. The predicted octanol–water partition coefficient (Wildman–Crippen LogP) is 2.54. The van der Waals surface area contributed by atoms with Crippen LogP contribution in [0.1, 0.15) is 22.3 Å². The number of nitrogens with one attached hydrogen (secondary N) is 1. The van der Waals surface area contributed by atoms with Gasteiger partial charge in [-0.1, -0.05) is 18.3 Å². The fraction of sp³-hybridized carbons (Fsp3) is 0.182. The maximum atomic E-state index is 13.8. The minimum absolute atomic E-state index is 0.0576. The molecule has 0 aliphatic rings. The molecule has 0 atom stereocenters. The number of nitro benzene ring substituents is 1. The summed E-state index contributed by atoms with van der Waals surface area (Å²) in [6, 6.07) is 1.31. The molecule has 1 aromatic heterocycles. The third-order valence-electron chi connectivity index (χ3n) is 2.48. The van der Waals surface area contributed by atoms with Crippen molar-refractivity contribution in [3.05, 3.63) is 44.5 Å². The van der Waals surface area contributed by atoms with Gasteiger partial charge in [0.2, 0.25) is 10.9 Å². The van der Waals surface area contributed by atoms with E-state index in [1.807, 2.05) is 6.92 Å². The molecule has 0 spiro atoms. The number of rotatable bonds is 4. The summed E-state index contributed by atoms with van der Waals surface area (Å²) in [6.45, 7) is 1.83. The second kappa shape index (κ2) is 5.87. The van der Waals surface area contributed by atoms with Crippen molar-refractivity contribution >= 4 is 28.1 Å². The van der Waals surface area contributed by atoms with Gasteiger partial charge in [0, 0.05) is 6.07 Å². The Morgan fingerprint density at radius 3 is 2.71 bits per heavy atom. The number of nitro groups is 1. The zero-order chi connectivity index (χ0) is 15.6. The van der Waals surface area contributed by atoms with Crippen molar-refractivity contribution in [3.8, 4) is 0 Å². The molecule has 0 saturated carbocycles. The molecule has 2 aromatic rings. The number of benzene rings is 1. The molecule has 2 rings (SSSR count). The van der Waals surface area contributed by atoms with Crippen molar-refractivity contribution in [2.45, 2.75) is 13.3 Å². The van der Waals surface area contributed by atoms with Crippen LogP contribution in [0.2, 0.25) is 0 Å². The van der Waals surface area contributed by atoms with Crippen LogP contribution in [0.3, 0.4) is 0 Å². The van der Waals surface area contributed by atoms with E-state index in [-0.39, 0.29) is 5.13 Å². The molecule has 0 fully saturated rings. The van der Waals surface area contributed by atoms with Crippen LogP contribution in [-0.4, -0.2) is 21.0 Å². The van der Waals surface area contributed by atoms with Gasteiger partial charge < -0.3 is 0 Å². The lowest BCUT2D eigenvalue weighted by Gasteiger charge is -2.04. The zero-order valence-electron chi connectivity index (χ0n) is 10.6. The first-order chi connectivity index (χ1) is 9.93. The van der Waals surface area contributed by atoms with E-state index < -0.39 is 33.7 Å². The third kappa shape index (κ3) is 2.99. The fourth-order valence-corrected chi connectivity index (χ4v) is 2.17. The van der Waals surface area contributed by atoms with Gasteiger partial charge in [0.25, 0.3) is 5.91 Å². The molecule has 21 heavy (non-hydrogen) atoms. The Hall–Kier alpha value is -2.49. The summed E-state index contributed by atoms with van der Waals surface area (Å²) in [7, 11) is 0. The molecule has 7 nitrogen and oxygen atoms in total. The molecule has 110 valence electrons. The van der Waals surface area contributed by atoms with Crippen LogP contribution in [0.5, 0.6) is 0 Å². The van der Waals surface area contributed by atoms with Crippen molar-refractivity contribution in [1.82, 2.24) is 10.2 Å². The summed E-state index contributed by atoms with van der Waals surface area (Å²) in [5, 5.41) is 20.8. The molecule has 0 unspecified atom stereocenters. The average Bonchev–Trinajstić information content (AvgIpc) is 2.85. The summed E-state index contributed by atoms with van der Waals surface area (Å²) >= 11 is 1.05. The van der Waals surface area contributed by atoms with Gasteiger partial charge in [0.1, 0.15) is 16.4 Å². The molecule has 0 aliphatic heterocycles. The molecular formula is C11H8F2N4O3S. The van der Waals surface area contributed by atoms with Gasteiger partial charge in [0.05, 0.1) is 4.92 Å². The van der Waals surface area contributed by atoms with Gasteiger partial charge in [-0.25, -0.2) is 4.39 Å². The van der Waals surface area contributed by atoms with Crippen molar-refractivity contribution in [1.29, 1.82) is 0 Å². The van der Waals surface area contributed by atoms with Gasteiger partial charge in [-0.3, -0.25) is 20.2 Å². The van der Waals surface area contributed by atoms with E-state index in [1.54, 1.807) is 0 Å². The van der Waals surface area contributed by atoms with Crippen LogP contribution in [-0.2, 0) is 6.42 Å². The summed E-state index contributed by atoms with van der Waals surface area (Å²) < 4.78 is 27.4. The van der Waals surface area contributed by atoms with Crippen LogP contribution < -0.4 is 5.32 Å². The van der Waals surface area contributed by atoms with E-state index in [0.717, 1.165) is 11.3 Å². The highest BCUT2D eigenvalue weighted by molar-refractivity contribution is 7.15. The second-order valence-corrected chi connectivity index (χ2v) is 4.88. The maximum absolute atomic E-state index is 13.8. The molecule has 1 N–H and O–H groups in total. The Labute approximate surface area is 120 Å². The highest BCUT2D eigenvalue weighted by Gasteiger charge is 2.26. The van der Waals surface area contributed by atoms with Crippen molar-refractivity contribution < 1.29 is 18.5 Å². The normalized spacial score (nSPS) is 10.4. The SMILES string of the molecule is CCc1nnc(NC(=O)c2c(F)ccc([N+](=O)[O-])c2F)s1. The fourth-order valence-electron chi connectivity index (χ4n) is 1.50. The summed E-state index contributed by atoms with van der Waals surface area (Å²) in [5.41, 5.74) is -2.01. The van der Waals surface area contributed by atoms with Gasteiger partial charge in [0.15, 0.2) is 0 Å². The van der Waals surface area contributed by atoms with Crippen molar-refractivity contribution in [3.63, 3.8) is 0 Å². The number of aryl methyl sites for hydroxylation is 1. The first kappa shape index (κ1) is 14.9. The Balaban J connectivity index is 2.34. The number of hydrogen-bond acceptors (Lipinski definition) is 6. The van der Waals surface area contributed by atoms with E-state index in [4.69, 9.17) is 0 Å². The van der Waals surface area contributed by atoms with Crippen LogP contribution in [0, 0.1) is 21.7 Å². The first-order valence-electron chi connectivity index (χ1n) is 5.70. The van der Waals surface area contributed by atoms with Crippen LogP contribution >= 0.6 is 11.3 Å². The van der Waals surface area contributed by atoms with E-state index >= 15 is 0 Å². The Morgan fingerprint density at radius 2 is 2.14 bits per heavy atom. The van der Waals surface area contributed by atoms with Gasteiger partial charge >= 0.3 is 5.69 Å². The van der Waals surface area contributed by atoms with E-state index in [9.17, 15) is 23.7 Å². The average molecular weight is 314 g/mol. The molecule has 0 bridgehead atoms. The number of nitrogens with zero attached hydrogens (tertiary/aromatic N) is 3. The van der Waals surface area contributed by atoms with Crippen LogP contribution in [0.25, 0.3) is 0 Å². The highest BCUT2D eigenvalue weighted by Crippen LogP contribution is 2.24. The number of hydrogen-bond donors (Lipinski definition) is 1. The van der Waals surface area contributed by atoms with Crippen LogP contribution in [0.4, 0.5) is 19.6 Å². The zero-order valence-corrected chi connectivity index (χ0v) is 11.4. The molecule has 10 heteroatoms. The minimum atomic E-state index is -1.53. The molecule has 1 amide bonds. The lowest BCUT2D eigenvalue weighted by Crippen LogP contribution is -2.16. The quantitative estimate of drug-likeness (QED) is 0.690. The third-order valence-corrected chi connectivity index (χ3v) is 3.47. The number of amides is 1. The van der Waals surface area contributed by atoms with Crippen LogP contribution in [0.15, 0.2) is 12.1 Å². The van der Waals surface area contributed by atoms with Gasteiger partial charge in [-0.2, -0.15) is 4.39 Å². The second-order valence-electron chi connectivity index (χ2n) is 3.82. The largest absolute Gasteiger partial charge is 0.305 e. The number of anilines is 1. The Kier molecular flexibility index (Phi) is 4.17. The van der Waals surface area contributed by atoms with E-state index in [2.05, 4.69) is 15.5 Å². The predicted molar refractivity (Wildman–Crippen MR) is 70.3 cm³/mol. The Bertz CT molecular complexity index is 719. The molecule has 1 heterocycles. The lowest BCUT2D eigenvalue weighted by atomic mass is 10.1.